The smallest absolute Gasteiger partial charge is 0.309 e. The number of aromatic nitrogens is 2. The van der Waals surface area contributed by atoms with Gasteiger partial charge < -0.3 is 9.13 Å². The van der Waals surface area contributed by atoms with Gasteiger partial charge in [0.25, 0.3) is 0 Å². The second-order valence-corrected chi connectivity index (χ2v) is 19.5. The summed E-state index contributed by atoms with van der Waals surface area (Å²) >= 11 is 0. The van der Waals surface area contributed by atoms with Gasteiger partial charge in [0.2, 0.25) is 0 Å². The van der Waals surface area contributed by atoms with Gasteiger partial charge in [0, 0.05) is 22.1 Å². The molecule has 0 amide bonds. The molecule has 0 unspecified atom stereocenters. The summed E-state index contributed by atoms with van der Waals surface area (Å²) in [5.74, 6) is 0. The molecule has 0 radical (unpaired) electrons. The third-order valence-electron chi connectivity index (χ3n) is 15.1. The van der Waals surface area contributed by atoms with Crippen LogP contribution in [0.2, 0.25) is 0 Å². The van der Waals surface area contributed by atoms with Crippen LogP contribution < -0.4 is 0 Å². The summed E-state index contributed by atoms with van der Waals surface area (Å²) in [6.07, 6.45) is -8.99. The molecule has 12 heteroatoms. The number of fused-ring (bicyclic) bond motifs is 8. The lowest BCUT2D eigenvalue weighted by molar-refractivity contribution is -0.138. The number of halogens is 6. The van der Waals surface area contributed by atoms with Gasteiger partial charge in [-0.3, -0.25) is 0 Å². The highest BCUT2D eigenvalue weighted by molar-refractivity contribution is 6.23. The van der Waals surface area contributed by atoms with E-state index in [0.717, 1.165) is 123 Å². The quantitative estimate of drug-likeness (QED) is 0.0946. The highest BCUT2D eigenvalue weighted by atomic mass is 19.4. The van der Waals surface area contributed by atoms with E-state index in [1.807, 2.05) is 109 Å². The van der Waals surface area contributed by atoms with Crippen LogP contribution in [0, 0.1) is 35.8 Å². The van der Waals surface area contributed by atoms with Crippen molar-refractivity contribution >= 4 is 76.5 Å². The van der Waals surface area contributed by atoms with Crippen molar-refractivity contribution in [2.24, 2.45) is 0 Å². The normalized spacial score (nSPS) is 11.8. The summed E-state index contributed by atoms with van der Waals surface area (Å²) < 4.78 is 86.1. The molecule has 13 aromatic rings. The number of benzene rings is 11. The first-order valence-electron chi connectivity index (χ1n) is 25.0. The highest BCUT2D eigenvalue weighted by Crippen LogP contribution is 2.48. The minimum Gasteiger partial charge on any atom is -0.309 e. The van der Waals surface area contributed by atoms with Gasteiger partial charge in [-0.1, -0.05) is 97.1 Å². The molecule has 0 aliphatic heterocycles. The number of nitrogens with zero attached hydrogens (tertiary/aromatic N) is 6. The van der Waals surface area contributed by atoms with E-state index in [-0.39, 0.29) is 0 Å². The van der Waals surface area contributed by atoms with E-state index in [4.69, 9.17) is 13.1 Å². The molecule has 80 heavy (non-hydrogen) atoms. The summed E-state index contributed by atoms with van der Waals surface area (Å²) in [7, 11) is 0. The average Bonchev–Trinajstić information content (AvgIpc) is 4.18. The first-order chi connectivity index (χ1) is 38.7. The molecule has 0 N–H and O–H groups in total. The zero-order chi connectivity index (χ0) is 55.2. The molecular weight excluding hydrogens is 1010 g/mol. The fourth-order valence-corrected chi connectivity index (χ4v) is 11.3. The molecule has 0 fully saturated rings. The van der Waals surface area contributed by atoms with E-state index >= 15 is 0 Å². The summed E-state index contributed by atoms with van der Waals surface area (Å²) in [6.45, 7) is 15.7. The Bertz CT molecular complexity index is 4470. The van der Waals surface area contributed by atoms with Crippen LogP contribution in [0.1, 0.15) is 22.3 Å². The number of nitriles is 2. The molecule has 0 aliphatic carbocycles. The minimum atomic E-state index is -4.49. The fourth-order valence-electron chi connectivity index (χ4n) is 11.3. The van der Waals surface area contributed by atoms with Crippen LogP contribution in [0.25, 0.3) is 131 Å². The highest BCUT2D eigenvalue weighted by Gasteiger charge is 2.31. The Morgan fingerprint density at radius 1 is 0.325 bits per heavy atom. The lowest BCUT2D eigenvalue weighted by Crippen LogP contribution is -2.03. The molecular formula is C68H34F6N6. The Morgan fingerprint density at radius 3 is 0.963 bits per heavy atom. The van der Waals surface area contributed by atoms with Crippen molar-refractivity contribution in [3.05, 3.63) is 251 Å². The van der Waals surface area contributed by atoms with Crippen LogP contribution >= 0.6 is 0 Å². The monoisotopic (exact) mass is 1050 g/mol. The van der Waals surface area contributed by atoms with E-state index in [1.165, 1.54) is 24.3 Å². The van der Waals surface area contributed by atoms with Crippen LogP contribution in [0.5, 0.6) is 0 Å². The van der Waals surface area contributed by atoms with E-state index in [9.17, 15) is 36.9 Å². The van der Waals surface area contributed by atoms with Gasteiger partial charge in [0.1, 0.15) is 0 Å². The largest absolute Gasteiger partial charge is 0.416 e. The van der Waals surface area contributed by atoms with Crippen molar-refractivity contribution in [3.63, 3.8) is 0 Å². The predicted molar refractivity (Wildman–Crippen MR) is 304 cm³/mol. The molecule has 13 rings (SSSR count). The summed E-state index contributed by atoms with van der Waals surface area (Å²) in [6, 6.07) is 64.5. The van der Waals surface area contributed by atoms with Gasteiger partial charge in [0.15, 0.2) is 11.4 Å². The minimum absolute atomic E-state index is 0.445. The van der Waals surface area contributed by atoms with Gasteiger partial charge in [-0.15, -0.1) is 0 Å². The maximum atomic E-state index is 13.6. The van der Waals surface area contributed by atoms with Crippen LogP contribution in [0.4, 0.5) is 37.7 Å². The van der Waals surface area contributed by atoms with Gasteiger partial charge in [-0.05, 0) is 186 Å². The molecule has 0 spiro atoms. The number of hydrogen-bond donors (Lipinski definition) is 0. The molecule has 0 saturated heterocycles. The van der Waals surface area contributed by atoms with Crippen LogP contribution in [-0.4, -0.2) is 9.13 Å². The van der Waals surface area contributed by atoms with Gasteiger partial charge in [-0.2, -0.15) is 36.9 Å². The predicted octanol–water partition coefficient (Wildman–Crippen LogP) is 19.7. The van der Waals surface area contributed by atoms with Crippen molar-refractivity contribution in [2.45, 2.75) is 12.4 Å². The maximum Gasteiger partial charge on any atom is 0.416 e. The average molecular weight is 1050 g/mol. The Kier molecular flexibility index (Phi) is 11.2. The van der Waals surface area contributed by atoms with Crippen molar-refractivity contribution in [2.75, 3.05) is 0 Å². The number of alkyl halides is 6. The van der Waals surface area contributed by atoms with Gasteiger partial charge >= 0.3 is 12.4 Å². The maximum absolute atomic E-state index is 13.6. The fraction of sp³-hybridized carbons (Fsp3) is 0.0294. The number of hydrogen-bond acceptors (Lipinski definition) is 2. The Labute approximate surface area is 452 Å². The van der Waals surface area contributed by atoms with Crippen molar-refractivity contribution in [1.82, 2.24) is 9.13 Å². The lowest BCUT2D eigenvalue weighted by atomic mass is 9.85. The van der Waals surface area contributed by atoms with E-state index in [2.05, 4.69) is 55.2 Å². The van der Waals surface area contributed by atoms with Crippen LogP contribution in [-0.2, 0) is 12.4 Å². The second kappa shape index (κ2) is 18.4. The van der Waals surface area contributed by atoms with Crippen LogP contribution in [0.3, 0.4) is 0 Å². The second-order valence-electron chi connectivity index (χ2n) is 19.5. The van der Waals surface area contributed by atoms with E-state index in [1.54, 1.807) is 24.3 Å². The van der Waals surface area contributed by atoms with Crippen molar-refractivity contribution in [1.29, 1.82) is 10.5 Å². The van der Waals surface area contributed by atoms with E-state index in [0.29, 0.717) is 44.8 Å². The topological polar surface area (TPSA) is 66.2 Å². The molecule has 0 bridgehead atoms. The molecule has 0 aliphatic rings. The first kappa shape index (κ1) is 48.7. The van der Waals surface area contributed by atoms with Crippen molar-refractivity contribution < 1.29 is 26.3 Å². The zero-order valence-electron chi connectivity index (χ0n) is 41.6. The lowest BCUT2D eigenvalue weighted by Gasteiger charge is -2.21. The van der Waals surface area contributed by atoms with Gasteiger partial charge in [-0.25, -0.2) is 9.69 Å². The molecule has 2 heterocycles. The van der Waals surface area contributed by atoms with Gasteiger partial charge in [0.05, 0.1) is 69.6 Å². The Hall–Kier alpha value is -10.9. The third kappa shape index (κ3) is 8.02. The molecule has 11 aromatic carbocycles. The molecule has 6 nitrogen and oxygen atoms in total. The SMILES string of the molecule is [C-]#[N+]c1ccc2c(c1)c1cc(C#N)ccc1n2-c1ccc2c(-c3ccc(-c4ccc(C(F)(F)F)cc4)cc3)c3cc(-n4c5ccc(C#N)cc5c5cc([N+]#[C-])ccc54)ccc3c(-c3ccc(-c4ccc(C(F)(F)F)cc4)cc3)c2c1. The summed E-state index contributed by atoms with van der Waals surface area (Å²) in [5, 5.41) is 26.5. The van der Waals surface area contributed by atoms with Crippen molar-refractivity contribution in [3.8, 4) is 68.0 Å². The molecule has 378 valence electrons. The Balaban J connectivity index is 1.11. The Morgan fingerprint density at radius 2 is 0.637 bits per heavy atom. The molecule has 2 aromatic heterocycles. The van der Waals surface area contributed by atoms with Crippen LogP contribution in [0.15, 0.2) is 206 Å². The number of rotatable bonds is 6. The summed E-state index contributed by atoms with van der Waals surface area (Å²) in [5.41, 5.74) is 11.0. The first-order valence-corrected chi connectivity index (χ1v) is 25.0. The van der Waals surface area contributed by atoms with E-state index < -0.39 is 23.5 Å². The molecule has 0 saturated carbocycles. The third-order valence-corrected chi connectivity index (χ3v) is 15.1. The molecule has 0 atom stereocenters. The zero-order valence-corrected chi connectivity index (χ0v) is 41.6. The summed E-state index contributed by atoms with van der Waals surface area (Å²) in [4.78, 5) is 7.42. The standard InChI is InChI=1S/C68H34F6N6/c1-77-49-21-29-63-57(33-49)55-31-39(37-75)3-27-61(55)79(63)51-23-25-53-59(35-51)65(45-9-5-41(6-10-45)43-13-17-47(18-14-43)67(69,70)71)54-26-24-52(80-62-28-4-40(38-76)32-56(62)58-34-50(78-2)22-30-64(58)80)36-60(54)66(53)46-11-7-42(8-12-46)44-15-19-48(20-16-44)68(72,73)74/h3-36H.